The zero-order valence-electron chi connectivity index (χ0n) is 9.67. The maximum absolute atomic E-state index is 5.31. The molecule has 0 aromatic rings. The maximum Gasteiger partial charge on any atom is 0.0873 e. The van der Waals surface area contributed by atoms with E-state index in [4.69, 9.17) is 4.74 Å². The zero-order valence-corrected chi connectivity index (χ0v) is 9.67. The molecule has 0 aliphatic heterocycles. The Balaban J connectivity index is 3.14. The Labute approximate surface area is 88.9 Å². The largest absolute Gasteiger partial charge is 0.501 e. The quantitative estimate of drug-likeness (QED) is 0.301. The summed E-state index contributed by atoms with van der Waals surface area (Å²) in [6.07, 6.45) is 15.4. The molecular weight excluding hydrogens is 172 g/mol. The lowest BCUT2D eigenvalue weighted by atomic mass is 10.2. The van der Waals surface area contributed by atoms with Crippen LogP contribution in [0.25, 0.3) is 0 Å². The molecule has 0 heterocycles. The molecule has 0 aliphatic carbocycles. The summed E-state index contributed by atoms with van der Waals surface area (Å²) in [5, 5.41) is 0. The van der Waals surface area contributed by atoms with Crippen molar-refractivity contribution in [1.29, 1.82) is 0 Å². The van der Waals surface area contributed by atoms with Gasteiger partial charge in [-0.15, -0.1) is 0 Å². The van der Waals surface area contributed by atoms with E-state index in [2.05, 4.69) is 26.0 Å². The highest BCUT2D eigenvalue weighted by Crippen LogP contribution is 1.96. The molecule has 82 valence electrons. The number of hydrogen-bond acceptors (Lipinski definition) is 1. The van der Waals surface area contributed by atoms with Crippen molar-refractivity contribution in [3.8, 4) is 0 Å². The van der Waals surface area contributed by atoms with Gasteiger partial charge in [-0.3, -0.25) is 0 Å². The van der Waals surface area contributed by atoms with Gasteiger partial charge in [-0.05, 0) is 18.9 Å². The van der Waals surface area contributed by atoms with Gasteiger partial charge in [-0.2, -0.15) is 0 Å². The highest BCUT2D eigenvalue weighted by atomic mass is 16.5. The molecule has 0 fully saturated rings. The molecule has 0 unspecified atom stereocenters. The lowest BCUT2D eigenvalue weighted by molar-refractivity contribution is 0.241. The third-order valence-corrected chi connectivity index (χ3v) is 2.01. The summed E-state index contributed by atoms with van der Waals surface area (Å²) in [4.78, 5) is 0. The fraction of sp³-hybridized carbons (Fsp3) is 0.692. The Kier molecular flexibility index (Phi) is 11.6. The second kappa shape index (κ2) is 12.3. The molecule has 0 N–H and O–H groups in total. The molecule has 1 nitrogen and oxygen atoms in total. The van der Waals surface area contributed by atoms with E-state index in [1.54, 1.807) is 6.26 Å². The minimum atomic E-state index is 0.854. The van der Waals surface area contributed by atoms with Gasteiger partial charge in [0.1, 0.15) is 0 Å². The Hall–Kier alpha value is -0.720. The Morgan fingerprint density at radius 1 is 0.929 bits per heavy atom. The first-order chi connectivity index (χ1) is 6.91. The van der Waals surface area contributed by atoms with Crippen molar-refractivity contribution in [2.75, 3.05) is 6.61 Å². The van der Waals surface area contributed by atoms with Crippen molar-refractivity contribution < 1.29 is 4.74 Å². The third kappa shape index (κ3) is 11.3. The predicted octanol–water partition coefficient (Wildman–Crippen LogP) is 4.45. The maximum atomic E-state index is 5.31. The Bertz CT molecular complexity index is 147. The summed E-state index contributed by atoms with van der Waals surface area (Å²) in [5.41, 5.74) is 0. The third-order valence-electron chi connectivity index (χ3n) is 2.01. The van der Waals surface area contributed by atoms with Gasteiger partial charge >= 0.3 is 0 Å². The van der Waals surface area contributed by atoms with Crippen molar-refractivity contribution in [3.05, 3.63) is 24.5 Å². The van der Waals surface area contributed by atoms with Gasteiger partial charge in [0, 0.05) is 0 Å². The van der Waals surface area contributed by atoms with Gasteiger partial charge < -0.3 is 4.74 Å². The molecule has 14 heavy (non-hydrogen) atoms. The highest BCUT2D eigenvalue weighted by molar-refractivity contribution is 4.99. The number of hydrogen-bond donors (Lipinski definition) is 0. The molecule has 0 spiro atoms. The fourth-order valence-corrected chi connectivity index (χ4v) is 1.10. The summed E-state index contributed by atoms with van der Waals surface area (Å²) in [5.74, 6) is 0. The number of unbranched alkanes of at least 4 members (excludes halogenated alkanes) is 4. The van der Waals surface area contributed by atoms with Crippen LogP contribution in [0, 0.1) is 0 Å². The van der Waals surface area contributed by atoms with Gasteiger partial charge in [0.25, 0.3) is 0 Å². The normalized spacial score (nSPS) is 11.6. The number of ether oxygens (including phenoxy) is 1. The summed E-state index contributed by atoms with van der Waals surface area (Å²) in [6.45, 7) is 5.26. The average molecular weight is 196 g/mol. The van der Waals surface area contributed by atoms with Gasteiger partial charge in [-0.25, -0.2) is 0 Å². The van der Waals surface area contributed by atoms with Gasteiger partial charge in [0.05, 0.1) is 12.9 Å². The van der Waals surface area contributed by atoms with Crippen LogP contribution in [0.3, 0.4) is 0 Å². The van der Waals surface area contributed by atoms with Gasteiger partial charge in [0.2, 0.25) is 0 Å². The molecule has 0 aromatic carbocycles. The van der Waals surface area contributed by atoms with Crippen LogP contribution in [0.1, 0.15) is 52.4 Å². The van der Waals surface area contributed by atoms with Crippen molar-refractivity contribution in [2.45, 2.75) is 52.4 Å². The molecule has 1 heteroatoms. The smallest absolute Gasteiger partial charge is 0.0873 e. The molecule has 0 atom stereocenters. The SMILES string of the molecule is CCCCC=CC=COCCCCC. The molecule has 0 saturated heterocycles. The van der Waals surface area contributed by atoms with Crippen LogP contribution >= 0.6 is 0 Å². The molecule has 0 radical (unpaired) electrons. The standard InChI is InChI=1S/C13H24O/c1-3-5-7-8-9-11-13-14-12-10-6-4-2/h8-9,11,13H,3-7,10,12H2,1-2H3. The monoisotopic (exact) mass is 196 g/mol. The first-order valence-electron chi connectivity index (χ1n) is 5.85. The van der Waals surface area contributed by atoms with Gasteiger partial charge in [0.15, 0.2) is 0 Å². The van der Waals surface area contributed by atoms with Crippen LogP contribution in [-0.2, 0) is 4.74 Å². The van der Waals surface area contributed by atoms with Crippen molar-refractivity contribution in [3.63, 3.8) is 0 Å². The van der Waals surface area contributed by atoms with E-state index in [0.717, 1.165) is 6.61 Å². The van der Waals surface area contributed by atoms with E-state index in [-0.39, 0.29) is 0 Å². The fourth-order valence-electron chi connectivity index (χ4n) is 1.10. The second-order valence-electron chi connectivity index (χ2n) is 3.48. The molecule has 0 bridgehead atoms. The first kappa shape index (κ1) is 13.3. The van der Waals surface area contributed by atoms with Crippen LogP contribution in [0.5, 0.6) is 0 Å². The summed E-state index contributed by atoms with van der Waals surface area (Å²) < 4.78 is 5.31. The van der Waals surface area contributed by atoms with E-state index in [1.165, 1.54) is 38.5 Å². The van der Waals surface area contributed by atoms with Crippen molar-refractivity contribution in [1.82, 2.24) is 0 Å². The summed E-state index contributed by atoms with van der Waals surface area (Å²) >= 11 is 0. The average Bonchev–Trinajstić information content (AvgIpc) is 2.21. The van der Waals surface area contributed by atoms with E-state index in [1.807, 2.05) is 6.08 Å². The van der Waals surface area contributed by atoms with Crippen molar-refractivity contribution >= 4 is 0 Å². The molecule has 0 aromatic heterocycles. The lowest BCUT2D eigenvalue weighted by Crippen LogP contribution is -1.85. The van der Waals surface area contributed by atoms with E-state index >= 15 is 0 Å². The summed E-state index contributed by atoms with van der Waals surface area (Å²) in [7, 11) is 0. The molecular formula is C13H24O. The van der Waals surface area contributed by atoms with Crippen LogP contribution in [0.2, 0.25) is 0 Å². The Morgan fingerprint density at radius 3 is 2.43 bits per heavy atom. The highest BCUT2D eigenvalue weighted by Gasteiger charge is 1.82. The van der Waals surface area contributed by atoms with Crippen LogP contribution in [0.15, 0.2) is 24.5 Å². The minimum absolute atomic E-state index is 0.854. The van der Waals surface area contributed by atoms with E-state index < -0.39 is 0 Å². The van der Waals surface area contributed by atoms with E-state index in [0.29, 0.717) is 0 Å². The van der Waals surface area contributed by atoms with Gasteiger partial charge in [-0.1, -0.05) is 51.7 Å². The molecule has 0 rings (SSSR count). The molecule has 0 amide bonds. The van der Waals surface area contributed by atoms with Crippen LogP contribution in [-0.4, -0.2) is 6.61 Å². The molecule has 0 aliphatic rings. The first-order valence-corrected chi connectivity index (χ1v) is 5.85. The second-order valence-corrected chi connectivity index (χ2v) is 3.48. The minimum Gasteiger partial charge on any atom is -0.501 e. The number of allylic oxidation sites excluding steroid dienone is 3. The molecule has 0 saturated carbocycles. The van der Waals surface area contributed by atoms with Crippen LogP contribution in [0.4, 0.5) is 0 Å². The van der Waals surface area contributed by atoms with Crippen LogP contribution < -0.4 is 0 Å². The summed E-state index contributed by atoms with van der Waals surface area (Å²) in [6, 6.07) is 0. The van der Waals surface area contributed by atoms with E-state index in [9.17, 15) is 0 Å². The lowest BCUT2D eigenvalue weighted by Gasteiger charge is -1.97. The Morgan fingerprint density at radius 2 is 1.71 bits per heavy atom. The predicted molar refractivity (Wildman–Crippen MR) is 63.3 cm³/mol. The zero-order chi connectivity index (χ0) is 10.5. The van der Waals surface area contributed by atoms with Crippen molar-refractivity contribution in [2.24, 2.45) is 0 Å². The topological polar surface area (TPSA) is 9.23 Å². The number of rotatable bonds is 9.